The van der Waals surface area contributed by atoms with Gasteiger partial charge in [0.1, 0.15) is 5.69 Å². The van der Waals surface area contributed by atoms with Crippen LogP contribution in [0.15, 0.2) is 24.4 Å². The van der Waals surface area contributed by atoms with Crippen LogP contribution in [0, 0.1) is 13.8 Å². The summed E-state index contributed by atoms with van der Waals surface area (Å²) in [6, 6.07) is 6.56. The van der Waals surface area contributed by atoms with Crippen molar-refractivity contribution in [2.75, 3.05) is 14.2 Å². The van der Waals surface area contributed by atoms with Gasteiger partial charge in [-0.2, -0.15) is 5.10 Å². The number of ether oxygens (including phenoxy) is 1. The smallest absolute Gasteiger partial charge is 0.161 e. The van der Waals surface area contributed by atoms with Gasteiger partial charge in [-0.3, -0.25) is 4.68 Å². The summed E-state index contributed by atoms with van der Waals surface area (Å²) in [6.45, 7) is 4.23. The summed E-state index contributed by atoms with van der Waals surface area (Å²) < 4.78 is 7.28. The van der Waals surface area contributed by atoms with Gasteiger partial charge in [-0.25, -0.2) is 0 Å². The van der Waals surface area contributed by atoms with E-state index in [-0.39, 0.29) is 6.04 Å². The van der Waals surface area contributed by atoms with E-state index in [1.807, 2.05) is 18.8 Å². The summed E-state index contributed by atoms with van der Waals surface area (Å²) in [4.78, 5) is 0. The monoisotopic (exact) mass is 259 g/mol. The Labute approximate surface area is 114 Å². The molecule has 2 rings (SSSR count). The van der Waals surface area contributed by atoms with Gasteiger partial charge in [-0.1, -0.05) is 23.8 Å². The number of hydrogen-bond acceptors (Lipinski definition) is 3. The van der Waals surface area contributed by atoms with E-state index in [0.29, 0.717) is 0 Å². The number of nitrogens with one attached hydrogen (secondary N) is 1. The summed E-state index contributed by atoms with van der Waals surface area (Å²) in [5.74, 6) is 0.808. The van der Waals surface area contributed by atoms with Crippen molar-refractivity contribution >= 4 is 0 Å². The Morgan fingerprint density at radius 2 is 2.05 bits per heavy atom. The summed E-state index contributed by atoms with van der Waals surface area (Å²) >= 11 is 0. The van der Waals surface area contributed by atoms with E-state index in [1.54, 1.807) is 13.3 Å². The quantitative estimate of drug-likeness (QED) is 0.916. The second kappa shape index (κ2) is 5.45. The number of rotatable bonds is 4. The van der Waals surface area contributed by atoms with Crippen LogP contribution in [-0.2, 0) is 7.05 Å². The Morgan fingerprint density at radius 1 is 1.32 bits per heavy atom. The van der Waals surface area contributed by atoms with Crippen LogP contribution in [0.25, 0.3) is 0 Å². The molecule has 0 saturated heterocycles. The molecule has 4 heteroatoms. The van der Waals surface area contributed by atoms with Crippen molar-refractivity contribution in [1.82, 2.24) is 15.1 Å². The van der Waals surface area contributed by atoms with Gasteiger partial charge >= 0.3 is 0 Å². The lowest BCUT2D eigenvalue weighted by Gasteiger charge is -2.21. The normalized spacial score (nSPS) is 12.5. The van der Waals surface area contributed by atoms with Crippen molar-refractivity contribution in [3.63, 3.8) is 0 Å². The topological polar surface area (TPSA) is 39.1 Å². The van der Waals surface area contributed by atoms with E-state index in [9.17, 15) is 0 Å². The van der Waals surface area contributed by atoms with Crippen LogP contribution >= 0.6 is 0 Å². The minimum Gasteiger partial charge on any atom is -0.493 e. The predicted octanol–water partition coefficient (Wildman–Crippen LogP) is 2.35. The van der Waals surface area contributed by atoms with E-state index >= 15 is 0 Å². The molecule has 0 aliphatic heterocycles. The molecule has 102 valence electrons. The minimum atomic E-state index is 0.0716. The van der Waals surface area contributed by atoms with Gasteiger partial charge in [0.2, 0.25) is 0 Å². The molecule has 1 atom stereocenters. The van der Waals surface area contributed by atoms with Gasteiger partial charge in [0.05, 0.1) is 19.3 Å². The third-order valence-electron chi connectivity index (χ3n) is 3.48. The zero-order valence-corrected chi connectivity index (χ0v) is 12.2. The fourth-order valence-electron chi connectivity index (χ4n) is 2.42. The van der Waals surface area contributed by atoms with Crippen LogP contribution in [0.4, 0.5) is 0 Å². The first-order chi connectivity index (χ1) is 9.08. The highest BCUT2D eigenvalue weighted by Crippen LogP contribution is 2.31. The molecule has 0 saturated carbocycles. The third kappa shape index (κ3) is 2.49. The van der Waals surface area contributed by atoms with Gasteiger partial charge in [-0.15, -0.1) is 0 Å². The number of methoxy groups -OCH3 is 1. The summed E-state index contributed by atoms with van der Waals surface area (Å²) in [7, 11) is 5.57. The Morgan fingerprint density at radius 3 is 2.68 bits per heavy atom. The average Bonchev–Trinajstić information content (AvgIpc) is 2.76. The number of aryl methyl sites for hydroxylation is 3. The molecule has 1 unspecified atom stereocenters. The first-order valence-corrected chi connectivity index (χ1v) is 6.38. The maximum atomic E-state index is 5.42. The highest BCUT2D eigenvalue weighted by molar-refractivity contribution is 5.41. The molecule has 4 nitrogen and oxygen atoms in total. The predicted molar refractivity (Wildman–Crippen MR) is 76.6 cm³/mol. The molecule has 1 N–H and O–H groups in total. The first kappa shape index (κ1) is 13.6. The molecule has 0 fully saturated rings. The van der Waals surface area contributed by atoms with Crippen LogP contribution in [0.1, 0.15) is 28.4 Å². The molecule has 0 bridgehead atoms. The number of benzene rings is 1. The summed E-state index contributed by atoms with van der Waals surface area (Å²) in [6.07, 6.45) is 1.75. The zero-order valence-electron chi connectivity index (χ0n) is 12.2. The zero-order chi connectivity index (χ0) is 14.0. The lowest BCUT2D eigenvalue weighted by molar-refractivity contribution is 0.402. The fourth-order valence-corrected chi connectivity index (χ4v) is 2.42. The van der Waals surface area contributed by atoms with E-state index < -0.39 is 0 Å². The Bertz CT molecular complexity index is 575. The molecule has 0 amide bonds. The summed E-state index contributed by atoms with van der Waals surface area (Å²) in [5, 5.41) is 7.65. The molecular weight excluding hydrogens is 238 g/mol. The van der Waals surface area contributed by atoms with Crippen molar-refractivity contribution < 1.29 is 4.74 Å². The van der Waals surface area contributed by atoms with Gasteiger partial charge in [-0.05, 0) is 32.0 Å². The standard InChI is InChI=1S/C15H21N3O/c1-10-6-7-11(2)12(8-10)14(16-3)15-13(19-5)9-17-18(15)4/h6-9,14,16H,1-5H3. The molecule has 19 heavy (non-hydrogen) atoms. The highest BCUT2D eigenvalue weighted by Gasteiger charge is 2.22. The number of nitrogens with zero attached hydrogens (tertiary/aromatic N) is 2. The molecule has 0 radical (unpaired) electrons. The first-order valence-electron chi connectivity index (χ1n) is 6.38. The van der Waals surface area contributed by atoms with Crippen LogP contribution in [0.5, 0.6) is 5.75 Å². The van der Waals surface area contributed by atoms with Gasteiger partial charge in [0.15, 0.2) is 5.75 Å². The Balaban J connectivity index is 2.56. The molecule has 0 spiro atoms. The maximum absolute atomic E-state index is 5.42. The van der Waals surface area contributed by atoms with Crippen LogP contribution in [-0.4, -0.2) is 23.9 Å². The average molecular weight is 259 g/mol. The van der Waals surface area contributed by atoms with Crippen molar-refractivity contribution in [2.24, 2.45) is 7.05 Å². The second-order valence-corrected chi connectivity index (χ2v) is 4.80. The molecule has 0 aliphatic carbocycles. The number of hydrogen-bond donors (Lipinski definition) is 1. The van der Waals surface area contributed by atoms with Crippen LogP contribution in [0.2, 0.25) is 0 Å². The molecule has 1 aromatic carbocycles. The lowest BCUT2D eigenvalue weighted by atomic mass is 9.96. The Kier molecular flexibility index (Phi) is 3.90. The van der Waals surface area contributed by atoms with Gasteiger partial charge < -0.3 is 10.1 Å². The molecule has 0 aliphatic rings. The highest BCUT2D eigenvalue weighted by atomic mass is 16.5. The van der Waals surface area contributed by atoms with Gasteiger partial charge in [0.25, 0.3) is 0 Å². The van der Waals surface area contributed by atoms with Crippen molar-refractivity contribution in [1.29, 1.82) is 0 Å². The van der Waals surface area contributed by atoms with Crippen molar-refractivity contribution in [3.8, 4) is 5.75 Å². The van der Waals surface area contributed by atoms with E-state index in [2.05, 4.69) is 42.5 Å². The van der Waals surface area contributed by atoms with Gasteiger partial charge in [0, 0.05) is 7.05 Å². The maximum Gasteiger partial charge on any atom is 0.161 e. The lowest BCUT2D eigenvalue weighted by Crippen LogP contribution is -2.22. The fraction of sp³-hybridized carbons (Fsp3) is 0.400. The molecule has 1 aromatic heterocycles. The molecular formula is C15H21N3O. The molecule has 2 aromatic rings. The summed E-state index contributed by atoms with van der Waals surface area (Å²) in [5.41, 5.74) is 4.80. The van der Waals surface area contributed by atoms with E-state index in [1.165, 1.54) is 16.7 Å². The number of aromatic nitrogens is 2. The van der Waals surface area contributed by atoms with Crippen molar-refractivity contribution in [3.05, 3.63) is 46.8 Å². The SMILES string of the molecule is CNC(c1cc(C)ccc1C)c1c(OC)cnn1C. The van der Waals surface area contributed by atoms with Crippen molar-refractivity contribution in [2.45, 2.75) is 19.9 Å². The van der Waals surface area contributed by atoms with E-state index in [4.69, 9.17) is 4.74 Å². The Hall–Kier alpha value is -1.81. The van der Waals surface area contributed by atoms with Crippen LogP contribution in [0.3, 0.4) is 0 Å². The minimum absolute atomic E-state index is 0.0716. The molecule has 1 heterocycles. The largest absolute Gasteiger partial charge is 0.493 e. The second-order valence-electron chi connectivity index (χ2n) is 4.80. The third-order valence-corrected chi connectivity index (χ3v) is 3.48. The van der Waals surface area contributed by atoms with E-state index in [0.717, 1.165) is 11.4 Å². The van der Waals surface area contributed by atoms with Crippen LogP contribution < -0.4 is 10.1 Å².